The van der Waals surface area contributed by atoms with Crippen molar-refractivity contribution >= 4 is 5.70 Å². The summed E-state index contributed by atoms with van der Waals surface area (Å²) in [7, 11) is 0. The molecule has 0 fully saturated rings. The van der Waals surface area contributed by atoms with Crippen molar-refractivity contribution in [2.75, 3.05) is 0 Å². The number of nitrogens with two attached hydrogens (primary N) is 1. The molecular weight excluding hydrogens is 238 g/mol. The van der Waals surface area contributed by atoms with E-state index in [-0.39, 0.29) is 0 Å². The number of hydrogen-bond acceptors (Lipinski definition) is 3. The third-order valence-corrected chi connectivity index (χ3v) is 2.77. The van der Waals surface area contributed by atoms with E-state index >= 15 is 0 Å². The van der Waals surface area contributed by atoms with Gasteiger partial charge in [-0.25, -0.2) is 9.36 Å². The summed E-state index contributed by atoms with van der Waals surface area (Å²) in [6.45, 7) is 0. The van der Waals surface area contributed by atoms with Crippen LogP contribution in [-0.2, 0) is 0 Å². The van der Waals surface area contributed by atoms with Crippen LogP contribution in [0.2, 0.25) is 0 Å². The average Bonchev–Trinajstić information content (AvgIpc) is 3.13. The lowest BCUT2D eigenvalue weighted by atomic mass is 10.1. The van der Waals surface area contributed by atoms with E-state index in [4.69, 9.17) is 5.73 Å². The fraction of sp³-hybridized carbons (Fsp3) is 0. The molecule has 5 nitrogen and oxygen atoms in total. The van der Waals surface area contributed by atoms with Crippen molar-refractivity contribution in [2.45, 2.75) is 0 Å². The molecule has 5 heteroatoms. The van der Waals surface area contributed by atoms with Crippen molar-refractivity contribution in [3.05, 3.63) is 78.6 Å². The Labute approximate surface area is 110 Å². The molecule has 2 N–H and O–H groups in total. The number of aromatic nitrogens is 4. The van der Waals surface area contributed by atoms with Gasteiger partial charge < -0.3 is 5.73 Å². The van der Waals surface area contributed by atoms with Gasteiger partial charge in [0.05, 0.1) is 5.70 Å². The minimum Gasteiger partial charge on any atom is -0.395 e. The molecule has 0 saturated carbocycles. The minimum atomic E-state index is 0.619. The van der Waals surface area contributed by atoms with E-state index < -0.39 is 0 Å². The molecule has 0 aliphatic carbocycles. The Kier molecular flexibility index (Phi) is 2.86. The van der Waals surface area contributed by atoms with Gasteiger partial charge in [-0.05, 0) is 12.1 Å². The second kappa shape index (κ2) is 4.81. The smallest absolute Gasteiger partial charge is 0.178 e. The zero-order valence-electron chi connectivity index (χ0n) is 10.2. The maximum absolute atomic E-state index is 6.28. The summed E-state index contributed by atoms with van der Waals surface area (Å²) >= 11 is 0. The number of benzene rings is 1. The third kappa shape index (κ3) is 2.13. The van der Waals surface area contributed by atoms with Crippen LogP contribution in [0.1, 0.15) is 5.56 Å². The largest absolute Gasteiger partial charge is 0.395 e. The molecule has 0 aliphatic rings. The van der Waals surface area contributed by atoms with E-state index in [1.165, 1.54) is 0 Å². The van der Waals surface area contributed by atoms with Gasteiger partial charge in [0.2, 0.25) is 0 Å². The summed E-state index contributed by atoms with van der Waals surface area (Å²) in [4.78, 5) is 0. The predicted molar refractivity (Wildman–Crippen MR) is 72.5 cm³/mol. The highest BCUT2D eigenvalue weighted by molar-refractivity contribution is 5.62. The fourth-order valence-corrected chi connectivity index (χ4v) is 1.89. The SMILES string of the molecule is NC(=C(n1cccn1)n1cccn1)c1ccccc1. The molecule has 1 aromatic carbocycles. The molecule has 0 aliphatic heterocycles. The fourth-order valence-electron chi connectivity index (χ4n) is 1.89. The van der Waals surface area contributed by atoms with Crippen LogP contribution in [0.15, 0.2) is 67.3 Å². The lowest BCUT2D eigenvalue weighted by Gasteiger charge is -2.12. The van der Waals surface area contributed by atoms with Gasteiger partial charge in [-0.3, -0.25) is 0 Å². The van der Waals surface area contributed by atoms with Gasteiger partial charge in [0.15, 0.2) is 5.82 Å². The Hall–Kier alpha value is -2.82. The summed E-state index contributed by atoms with van der Waals surface area (Å²) < 4.78 is 3.41. The van der Waals surface area contributed by atoms with Crippen molar-refractivity contribution in [1.82, 2.24) is 19.6 Å². The lowest BCUT2D eigenvalue weighted by Crippen LogP contribution is -2.18. The zero-order valence-corrected chi connectivity index (χ0v) is 10.2. The normalized spacial score (nSPS) is 10.3. The molecule has 0 saturated heterocycles. The van der Waals surface area contributed by atoms with E-state index in [1.54, 1.807) is 21.8 Å². The van der Waals surface area contributed by atoms with Crippen molar-refractivity contribution in [2.24, 2.45) is 5.73 Å². The van der Waals surface area contributed by atoms with E-state index in [0.29, 0.717) is 11.5 Å². The average molecular weight is 251 g/mol. The number of nitrogens with zero attached hydrogens (tertiary/aromatic N) is 4. The Morgan fingerprint density at radius 3 is 1.89 bits per heavy atom. The van der Waals surface area contributed by atoms with Crippen molar-refractivity contribution in [3.8, 4) is 0 Å². The molecule has 2 heterocycles. The number of hydrogen-bond donors (Lipinski definition) is 1. The molecule has 0 unspecified atom stereocenters. The Morgan fingerprint density at radius 1 is 0.842 bits per heavy atom. The topological polar surface area (TPSA) is 61.7 Å². The quantitative estimate of drug-likeness (QED) is 0.770. The van der Waals surface area contributed by atoms with Gasteiger partial charge in [0.1, 0.15) is 0 Å². The summed E-state index contributed by atoms with van der Waals surface area (Å²) in [5.74, 6) is 0.709. The molecule has 0 radical (unpaired) electrons. The van der Waals surface area contributed by atoms with Gasteiger partial charge in [-0.2, -0.15) is 10.2 Å². The van der Waals surface area contributed by atoms with Gasteiger partial charge in [0, 0.05) is 30.4 Å². The van der Waals surface area contributed by atoms with Gasteiger partial charge in [-0.15, -0.1) is 0 Å². The van der Waals surface area contributed by atoms with Crippen LogP contribution in [0.5, 0.6) is 0 Å². The molecule has 0 spiro atoms. The highest BCUT2D eigenvalue weighted by atomic mass is 15.4. The Morgan fingerprint density at radius 2 is 1.42 bits per heavy atom. The van der Waals surface area contributed by atoms with Gasteiger partial charge in [-0.1, -0.05) is 30.3 Å². The molecule has 94 valence electrons. The van der Waals surface area contributed by atoms with Gasteiger partial charge in [0.25, 0.3) is 0 Å². The van der Waals surface area contributed by atoms with E-state index in [0.717, 1.165) is 5.56 Å². The summed E-state index contributed by atoms with van der Waals surface area (Å²) in [6, 6.07) is 13.5. The maximum Gasteiger partial charge on any atom is 0.178 e. The molecule has 0 bridgehead atoms. The lowest BCUT2D eigenvalue weighted by molar-refractivity contribution is 0.628. The van der Waals surface area contributed by atoms with Crippen LogP contribution >= 0.6 is 0 Å². The molecular formula is C14H13N5. The first kappa shape index (κ1) is 11.3. The highest BCUT2D eigenvalue weighted by Crippen LogP contribution is 2.14. The van der Waals surface area contributed by atoms with Crippen molar-refractivity contribution in [3.63, 3.8) is 0 Å². The monoisotopic (exact) mass is 251 g/mol. The molecule has 0 amide bonds. The second-order valence-electron chi connectivity index (χ2n) is 4.00. The summed E-state index contributed by atoms with van der Waals surface area (Å²) in [5, 5.41) is 8.47. The molecule has 0 atom stereocenters. The minimum absolute atomic E-state index is 0.619. The first-order valence-electron chi connectivity index (χ1n) is 5.91. The molecule has 2 aromatic heterocycles. The predicted octanol–water partition coefficient (Wildman–Crippen LogP) is 1.69. The Bertz CT molecular complexity index is 630. The van der Waals surface area contributed by atoms with Gasteiger partial charge >= 0.3 is 0 Å². The maximum atomic E-state index is 6.28. The molecule has 3 aromatic rings. The summed E-state index contributed by atoms with van der Waals surface area (Å²) in [6.07, 6.45) is 7.10. The van der Waals surface area contributed by atoms with Crippen LogP contribution in [0.3, 0.4) is 0 Å². The molecule has 3 rings (SSSR count). The van der Waals surface area contributed by atoms with Crippen LogP contribution < -0.4 is 5.73 Å². The van der Waals surface area contributed by atoms with E-state index in [1.807, 2.05) is 54.9 Å². The molecule has 19 heavy (non-hydrogen) atoms. The Balaban J connectivity index is 2.20. The third-order valence-electron chi connectivity index (χ3n) is 2.77. The van der Waals surface area contributed by atoms with E-state index in [9.17, 15) is 0 Å². The second-order valence-corrected chi connectivity index (χ2v) is 4.00. The summed E-state index contributed by atoms with van der Waals surface area (Å²) in [5.41, 5.74) is 7.83. The standard InChI is InChI=1S/C14H13N5/c15-13(12-6-2-1-3-7-12)14(18-10-4-8-16-18)19-11-5-9-17-19/h1-11H,15H2. The van der Waals surface area contributed by atoms with Crippen molar-refractivity contribution in [1.29, 1.82) is 0 Å². The highest BCUT2D eigenvalue weighted by Gasteiger charge is 2.11. The van der Waals surface area contributed by atoms with E-state index in [2.05, 4.69) is 10.2 Å². The van der Waals surface area contributed by atoms with Crippen LogP contribution in [-0.4, -0.2) is 19.6 Å². The number of rotatable bonds is 3. The van der Waals surface area contributed by atoms with Crippen LogP contribution in [0.4, 0.5) is 0 Å². The first-order valence-corrected chi connectivity index (χ1v) is 5.91. The van der Waals surface area contributed by atoms with Crippen LogP contribution in [0.25, 0.3) is 5.70 Å². The van der Waals surface area contributed by atoms with Crippen LogP contribution in [0, 0.1) is 5.82 Å². The zero-order chi connectivity index (χ0) is 13.1. The first-order chi connectivity index (χ1) is 9.36. The van der Waals surface area contributed by atoms with Crippen molar-refractivity contribution < 1.29 is 0 Å².